The number of morpholine rings is 1. The Morgan fingerprint density at radius 2 is 1.77 bits per heavy atom. The molecule has 1 aliphatic rings. The zero-order valence-electron chi connectivity index (χ0n) is 16.5. The van der Waals surface area contributed by atoms with E-state index in [-0.39, 0.29) is 12.5 Å². The number of anilines is 1. The van der Waals surface area contributed by atoms with Crippen molar-refractivity contribution in [1.29, 1.82) is 0 Å². The maximum absolute atomic E-state index is 12.0. The predicted octanol–water partition coefficient (Wildman–Crippen LogP) is 3.78. The molecule has 1 amide bonds. The van der Waals surface area contributed by atoms with Crippen molar-refractivity contribution in [3.63, 3.8) is 0 Å². The minimum atomic E-state index is -0.302. The number of hydrogen-bond donors (Lipinski definition) is 1. The van der Waals surface area contributed by atoms with Crippen LogP contribution >= 0.6 is 11.3 Å². The van der Waals surface area contributed by atoms with Crippen molar-refractivity contribution in [2.75, 3.05) is 37.8 Å². The predicted molar refractivity (Wildman–Crippen MR) is 120 cm³/mol. The number of nitrogens with one attached hydrogen (secondary N) is 1. The van der Waals surface area contributed by atoms with E-state index in [1.54, 1.807) is 17.6 Å². The Bertz CT molecular complexity index is 980. The third-order valence-electron chi connectivity index (χ3n) is 4.65. The molecule has 1 N–H and O–H groups in total. The molecular weight excluding hydrogens is 398 g/mol. The Balaban J connectivity index is 1.23. The van der Waals surface area contributed by atoms with Gasteiger partial charge in [0.2, 0.25) is 0 Å². The second-order valence-corrected chi connectivity index (χ2v) is 7.84. The van der Waals surface area contributed by atoms with Crippen molar-refractivity contribution in [2.45, 2.75) is 0 Å². The topological polar surface area (TPSA) is 63.2 Å². The van der Waals surface area contributed by atoms with Crippen molar-refractivity contribution >= 4 is 28.5 Å². The molecule has 0 spiro atoms. The second-order valence-electron chi connectivity index (χ2n) is 6.75. The fraction of sp³-hybridized carbons (Fsp3) is 0.217. The van der Waals surface area contributed by atoms with Crippen LogP contribution in [0.2, 0.25) is 0 Å². The maximum Gasteiger partial charge on any atom is 0.277 e. The molecule has 2 heterocycles. The molecule has 0 saturated carbocycles. The van der Waals surface area contributed by atoms with E-state index in [2.05, 4.69) is 33.6 Å². The molecule has 0 atom stereocenters. The van der Waals surface area contributed by atoms with E-state index in [9.17, 15) is 4.79 Å². The Morgan fingerprint density at radius 3 is 2.53 bits per heavy atom. The summed E-state index contributed by atoms with van der Waals surface area (Å²) in [7, 11) is 0. The van der Waals surface area contributed by atoms with Gasteiger partial charge < -0.3 is 14.4 Å². The summed E-state index contributed by atoms with van der Waals surface area (Å²) in [5, 5.41) is 5.22. The first-order valence-corrected chi connectivity index (χ1v) is 10.6. The fourth-order valence-corrected chi connectivity index (χ4v) is 4.02. The summed E-state index contributed by atoms with van der Waals surface area (Å²) >= 11 is 1.64. The minimum absolute atomic E-state index is 0.0918. The molecule has 3 aromatic rings. The molecule has 1 aliphatic heterocycles. The van der Waals surface area contributed by atoms with E-state index < -0.39 is 0 Å². The Morgan fingerprint density at radius 1 is 1.03 bits per heavy atom. The monoisotopic (exact) mass is 421 g/mol. The van der Waals surface area contributed by atoms with E-state index >= 15 is 0 Å². The van der Waals surface area contributed by atoms with Crippen molar-refractivity contribution in [2.24, 2.45) is 5.10 Å². The summed E-state index contributed by atoms with van der Waals surface area (Å²) in [5.41, 5.74) is 4.75. The number of hydrogen-bond acceptors (Lipinski definition) is 6. The molecule has 1 saturated heterocycles. The van der Waals surface area contributed by atoms with Gasteiger partial charge in [-0.3, -0.25) is 4.79 Å². The fourth-order valence-electron chi connectivity index (χ4n) is 3.09. The number of ether oxygens (including phenoxy) is 2. The smallest absolute Gasteiger partial charge is 0.277 e. The number of nitrogens with zero attached hydrogens (tertiary/aromatic N) is 2. The SMILES string of the molecule is O=C(COc1ccc(-c2ccccc2)cc1)N/N=C\c1ccc(N2CCOCC2)s1. The van der Waals surface area contributed by atoms with Gasteiger partial charge in [-0.05, 0) is 35.4 Å². The van der Waals surface area contributed by atoms with Gasteiger partial charge in [-0.1, -0.05) is 42.5 Å². The highest BCUT2D eigenvalue weighted by atomic mass is 32.1. The summed E-state index contributed by atoms with van der Waals surface area (Å²) in [4.78, 5) is 15.3. The highest BCUT2D eigenvalue weighted by molar-refractivity contribution is 7.17. The van der Waals surface area contributed by atoms with Gasteiger partial charge in [-0.15, -0.1) is 11.3 Å². The average molecular weight is 422 g/mol. The highest BCUT2D eigenvalue weighted by Crippen LogP contribution is 2.25. The first-order valence-electron chi connectivity index (χ1n) is 9.81. The summed E-state index contributed by atoms with van der Waals surface area (Å²) < 4.78 is 10.9. The van der Waals surface area contributed by atoms with Crippen LogP contribution in [0.4, 0.5) is 5.00 Å². The molecule has 1 aromatic heterocycles. The average Bonchev–Trinajstić information content (AvgIpc) is 3.28. The molecule has 154 valence electrons. The molecule has 1 fully saturated rings. The van der Waals surface area contributed by atoms with E-state index in [1.807, 2.05) is 48.5 Å². The van der Waals surface area contributed by atoms with Crippen LogP contribution in [0.3, 0.4) is 0 Å². The number of thiophene rings is 1. The molecule has 0 aliphatic carbocycles. The summed E-state index contributed by atoms with van der Waals surface area (Å²) in [6.45, 7) is 3.22. The molecule has 30 heavy (non-hydrogen) atoms. The largest absolute Gasteiger partial charge is 0.484 e. The van der Waals surface area contributed by atoms with E-state index in [0.29, 0.717) is 5.75 Å². The number of carbonyl (C=O) groups is 1. The van der Waals surface area contributed by atoms with Gasteiger partial charge in [0.25, 0.3) is 5.91 Å². The van der Waals surface area contributed by atoms with Crippen molar-refractivity contribution in [3.8, 4) is 16.9 Å². The molecule has 4 rings (SSSR count). The van der Waals surface area contributed by atoms with Gasteiger partial charge >= 0.3 is 0 Å². The normalized spacial score (nSPS) is 14.1. The van der Waals surface area contributed by atoms with Crippen LogP contribution in [0.25, 0.3) is 11.1 Å². The van der Waals surface area contributed by atoms with Gasteiger partial charge in [0.1, 0.15) is 5.75 Å². The van der Waals surface area contributed by atoms with Crippen LogP contribution in [0.15, 0.2) is 71.8 Å². The number of amides is 1. The molecule has 7 heteroatoms. The highest BCUT2D eigenvalue weighted by Gasteiger charge is 2.12. The Kier molecular flexibility index (Phi) is 6.74. The van der Waals surface area contributed by atoms with Crippen LogP contribution in [-0.4, -0.2) is 45.0 Å². The lowest BCUT2D eigenvalue weighted by Crippen LogP contribution is -2.35. The number of rotatable bonds is 7. The Hall–Kier alpha value is -3.16. The van der Waals surface area contributed by atoms with Gasteiger partial charge in [-0.25, -0.2) is 5.43 Å². The van der Waals surface area contributed by atoms with Gasteiger partial charge in [-0.2, -0.15) is 5.10 Å². The lowest BCUT2D eigenvalue weighted by atomic mass is 10.1. The molecular formula is C23H23N3O3S. The van der Waals surface area contributed by atoms with Crippen molar-refractivity contribution in [3.05, 3.63) is 71.6 Å². The van der Waals surface area contributed by atoms with Crippen molar-refractivity contribution < 1.29 is 14.3 Å². The first kappa shape index (κ1) is 20.1. The molecule has 0 unspecified atom stereocenters. The van der Waals surface area contributed by atoms with Gasteiger partial charge in [0, 0.05) is 18.0 Å². The van der Waals surface area contributed by atoms with Crippen LogP contribution in [0.1, 0.15) is 4.88 Å². The quantitative estimate of drug-likeness (QED) is 0.466. The Labute approximate surface area is 179 Å². The lowest BCUT2D eigenvalue weighted by Gasteiger charge is -2.27. The van der Waals surface area contributed by atoms with Gasteiger partial charge in [0.05, 0.1) is 24.4 Å². The van der Waals surface area contributed by atoms with Crippen LogP contribution in [0.5, 0.6) is 5.75 Å². The summed E-state index contributed by atoms with van der Waals surface area (Å²) in [5.74, 6) is 0.338. The zero-order valence-corrected chi connectivity index (χ0v) is 17.3. The molecule has 6 nitrogen and oxygen atoms in total. The lowest BCUT2D eigenvalue weighted by molar-refractivity contribution is -0.123. The van der Waals surface area contributed by atoms with Crippen molar-refractivity contribution in [1.82, 2.24) is 5.43 Å². The zero-order chi connectivity index (χ0) is 20.6. The maximum atomic E-state index is 12.0. The van der Waals surface area contributed by atoms with Crippen LogP contribution < -0.4 is 15.1 Å². The van der Waals surface area contributed by atoms with Crippen LogP contribution in [0, 0.1) is 0 Å². The molecule has 0 bridgehead atoms. The third kappa shape index (κ3) is 5.46. The number of carbonyl (C=O) groups excluding carboxylic acids is 1. The van der Waals surface area contributed by atoms with E-state index in [0.717, 1.165) is 42.3 Å². The van der Waals surface area contributed by atoms with E-state index in [1.165, 1.54) is 5.00 Å². The third-order valence-corrected chi connectivity index (χ3v) is 5.73. The standard InChI is InChI=1S/C23H23N3O3S/c27-22(17-29-20-8-6-19(7-9-20)18-4-2-1-3-5-18)25-24-16-21-10-11-23(30-21)26-12-14-28-15-13-26/h1-11,16H,12-15,17H2,(H,25,27)/b24-16-. The summed E-state index contributed by atoms with van der Waals surface area (Å²) in [6, 6.07) is 21.8. The van der Waals surface area contributed by atoms with Gasteiger partial charge in [0.15, 0.2) is 6.61 Å². The first-order chi connectivity index (χ1) is 14.8. The summed E-state index contributed by atoms with van der Waals surface area (Å²) in [6.07, 6.45) is 1.65. The second kappa shape index (κ2) is 10.0. The van der Waals surface area contributed by atoms with E-state index in [4.69, 9.17) is 9.47 Å². The van der Waals surface area contributed by atoms with Crippen LogP contribution in [-0.2, 0) is 9.53 Å². The molecule has 2 aromatic carbocycles. The minimum Gasteiger partial charge on any atom is -0.484 e. The number of benzene rings is 2. The number of hydrazone groups is 1. The molecule has 0 radical (unpaired) electrons.